The van der Waals surface area contributed by atoms with Gasteiger partial charge in [0.05, 0.1) is 28.6 Å². The van der Waals surface area contributed by atoms with E-state index in [-0.39, 0.29) is 42.7 Å². The second-order valence-electron chi connectivity index (χ2n) is 9.09. The van der Waals surface area contributed by atoms with E-state index in [1.807, 2.05) is 0 Å². The van der Waals surface area contributed by atoms with E-state index in [0.29, 0.717) is 42.1 Å². The van der Waals surface area contributed by atoms with E-state index >= 15 is 4.39 Å². The van der Waals surface area contributed by atoms with Crippen LogP contribution in [-0.2, 0) is 6.42 Å². The van der Waals surface area contributed by atoms with Gasteiger partial charge in [-0.05, 0) is 55.9 Å². The first-order chi connectivity index (χ1) is 16.8. The van der Waals surface area contributed by atoms with Gasteiger partial charge in [0.15, 0.2) is 11.6 Å². The standard InChI is InChI=1S/C24H20F5N5O/c25-15-5-6-16-18(19(15)26)21(31-22-32-30-13-34(16)22)33-11-2-12-35-20-14(3-1-4-17(20)33)7-8-23(9-10-23)24(27,28)29/h1,3-6,13H,2,7-12H2. The number of rotatable bonds is 4. The highest BCUT2D eigenvalue weighted by molar-refractivity contribution is 5.94. The highest BCUT2D eigenvalue weighted by atomic mass is 19.4. The molecule has 0 unspecified atom stereocenters. The number of aromatic nitrogens is 4. The van der Waals surface area contributed by atoms with Crippen molar-refractivity contribution >= 4 is 28.2 Å². The lowest BCUT2D eigenvalue weighted by Gasteiger charge is -2.26. The van der Waals surface area contributed by atoms with Crippen molar-refractivity contribution in [3.8, 4) is 5.75 Å². The Morgan fingerprint density at radius 2 is 1.91 bits per heavy atom. The Morgan fingerprint density at radius 1 is 1.09 bits per heavy atom. The number of fused-ring (bicyclic) bond motifs is 4. The molecule has 4 aromatic rings. The molecule has 1 saturated carbocycles. The molecule has 0 radical (unpaired) electrons. The van der Waals surface area contributed by atoms with Crippen LogP contribution in [0.3, 0.4) is 0 Å². The van der Waals surface area contributed by atoms with Crippen molar-refractivity contribution in [3.63, 3.8) is 0 Å². The van der Waals surface area contributed by atoms with Crippen LogP contribution in [0, 0.1) is 17.0 Å². The van der Waals surface area contributed by atoms with Crippen molar-refractivity contribution in [2.75, 3.05) is 18.1 Å². The number of para-hydroxylation sites is 1. The number of hydrogen-bond acceptors (Lipinski definition) is 5. The average Bonchev–Trinajstić information content (AvgIpc) is 3.55. The number of halogens is 5. The zero-order valence-electron chi connectivity index (χ0n) is 18.4. The van der Waals surface area contributed by atoms with E-state index in [4.69, 9.17) is 4.74 Å². The molecule has 11 heteroatoms. The normalized spacial score (nSPS) is 17.3. The van der Waals surface area contributed by atoms with E-state index in [1.165, 1.54) is 16.8 Å². The van der Waals surface area contributed by atoms with Crippen LogP contribution >= 0.6 is 0 Å². The Hall–Kier alpha value is -3.50. The number of hydrogen-bond donors (Lipinski definition) is 0. The number of anilines is 2. The minimum Gasteiger partial charge on any atom is -0.491 e. The average molecular weight is 489 g/mol. The van der Waals surface area contributed by atoms with Crippen molar-refractivity contribution in [2.45, 2.75) is 38.3 Å². The fourth-order valence-corrected chi connectivity index (χ4v) is 4.86. The van der Waals surface area contributed by atoms with Crippen LogP contribution in [0.15, 0.2) is 36.7 Å². The molecular formula is C24H20F5N5O. The summed E-state index contributed by atoms with van der Waals surface area (Å²) in [6.45, 7) is 0.707. The van der Waals surface area contributed by atoms with Crippen molar-refractivity contribution in [1.29, 1.82) is 0 Å². The van der Waals surface area contributed by atoms with Gasteiger partial charge in [0.1, 0.15) is 17.9 Å². The number of benzene rings is 2. The van der Waals surface area contributed by atoms with E-state index in [0.717, 1.165) is 6.07 Å². The summed E-state index contributed by atoms with van der Waals surface area (Å²) in [6, 6.07) is 7.71. The molecule has 0 saturated heterocycles. The number of aryl methyl sites for hydroxylation is 1. The maximum Gasteiger partial charge on any atom is 0.394 e. The van der Waals surface area contributed by atoms with Gasteiger partial charge in [0.25, 0.3) is 5.78 Å². The molecule has 1 aliphatic carbocycles. The first-order valence-corrected chi connectivity index (χ1v) is 11.4. The molecule has 3 heterocycles. The second kappa shape index (κ2) is 7.76. The fraction of sp³-hybridized carbons (Fsp3) is 0.375. The second-order valence-corrected chi connectivity index (χ2v) is 9.09. The molecule has 2 aliphatic rings. The van der Waals surface area contributed by atoms with Crippen molar-refractivity contribution in [2.24, 2.45) is 5.41 Å². The Bertz CT molecular complexity index is 1450. The van der Waals surface area contributed by atoms with Crippen molar-refractivity contribution < 1.29 is 26.7 Å². The molecule has 2 aromatic carbocycles. The van der Waals surface area contributed by atoms with Gasteiger partial charge in [0.2, 0.25) is 0 Å². The first-order valence-electron chi connectivity index (χ1n) is 11.4. The highest BCUT2D eigenvalue weighted by Crippen LogP contribution is 2.60. The van der Waals surface area contributed by atoms with Gasteiger partial charge in [0, 0.05) is 6.54 Å². The molecule has 35 heavy (non-hydrogen) atoms. The van der Waals surface area contributed by atoms with Gasteiger partial charge in [-0.25, -0.2) is 8.78 Å². The quantitative estimate of drug-likeness (QED) is 0.342. The minimum absolute atomic E-state index is 0.0248. The summed E-state index contributed by atoms with van der Waals surface area (Å²) in [5.41, 5.74) is -0.0997. The lowest BCUT2D eigenvalue weighted by molar-refractivity contribution is -0.188. The van der Waals surface area contributed by atoms with Gasteiger partial charge < -0.3 is 9.64 Å². The summed E-state index contributed by atoms with van der Waals surface area (Å²) < 4.78 is 77.3. The smallest absolute Gasteiger partial charge is 0.394 e. The van der Waals surface area contributed by atoms with Gasteiger partial charge in [-0.15, -0.1) is 10.2 Å². The van der Waals surface area contributed by atoms with Crippen LogP contribution < -0.4 is 9.64 Å². The van der Waals surface area contributed by atoms with Crippen LogP contribution in [-0.4, -0.2) is 38.9 Å². The zero-order chi connectivity index (χ0) is 24.4. The summed E-state index contributed by atoms with van der Waals surface area (Å²) >= 11 is 0. The summed E-state index contributed by atoms with van der Waals surface area (Å²) in [5, 5.41) is 7.78. The summed E-state index contributed by atoms with van der Waals surface area (Å²) in [6.07, 6.45) is -1.88. The number of ether oxygens (including phenoxy) is 1. The van der Waals surface area contributed by atoms with E-state index in [1.54, 1.807) is 23.1 Å². The Kier molecular flexibility index (Phi) is 4.87. The molecule has 2 aromatic heterocycles. The maximum atomic E-state index is 15.1. The lowest BCUT2D eigenvalue weighted by atomic mass is 9.95. The van der Waals surface area contributed by atoms with E-state index < -0.39 is 23.2 Å². The van der Waals surface area contributed by atoms with Crippen LogP contribution in [0.2, 0.25) is 0 Å². The minimum atomic E-state index is -4.23. The van der Waals surface area contributed by atoms with Gasteiger partial charge in [-0.3, -0.25) is 4.40 Å². The molecule has 182 valence electrons. The van der Waals surface area contributed by atoms with Crippen molar-refractivity contribution in [1.82, 2.24) is 19.6 Å². The Morgan fingerprint density at radius 3 is 2.69 bits per heavy atom. The Balaban J connectivity index is 1.48. The molecule has 1 fully saturated rings. The summed E-state index contributed by atoms with van der Waals surface area (Å²) in [5.74, 6) is -1.27. The topological polar surface area (TPSA) is 55.5 Å². The largest absolute Gasteiger partial charge is 0.491 e. The van der Waals surface area contributed by atoms with Crippen LogP contribution in [0.25, 0.3) is 16.7 Å². The highest BCUT2D eigenvalue weighted by Gasteiger charge is 2.62. The third-order valence-electron chi connectivity index (χ3n) is 7.01. The number of nitrogens with zero attached hydrogens (tertiary/aromatic N) is 5. The molecule has 0 N–H and O–H groups in total. The summed E-state index contributed by atoms with van der Waals surface area (Å²) in [4.78, 5) is 6.22. The fourth-order valence-electron chi connectivity index (χ4n) is 4.86. The molecule has 6 rings (SSSR count). The molecule has 0 bridgehead atoms. The third-order valence-corrected chi connectivity index (χ3v) is 7.01. The monoisotopic (exact) mass is 489 g/mol. The molecule has 0 spiro atoms. The number of alkyl halides is 3. The molecular weight excluding hydrogens is 469 g/mol. The lowest BCUT2D eigenvalue weighted by Crippen LogP contribution is -2.25. The predicted octanol–water partition coefficient (Wildman–Crippen LogP) is 5.75. The molecule has 6 nitrogen and oxygen atoms in total. The molecule has 0 amide bonds. The molecule has 1 aliphatic heterocycles. The van der Waals surface area contributed by atoms with Crippen molar-refractivity contribution in [3.05, 3.63) is 53.9 Å². The third kappa shape index (κ3) is 3.47. The van der Waals surface area contributed by atoms with Gasteiger partial charge >= 0.3 is 6.18 Å². The van der Waals surface area contributed by atoms with E-state index in [9.17, 15) is 17.6 Å². The molecule has 0 atom stereocenters. The zero-order valence-corrected chi connectivity index (χ0v) is 18.4. The van der Waals surface area contributed by atoms with Gasteiger partial charge in [-0.1, -0.05) is 12.1 Å². The SMILES string of the molecule is Fc1ccc2c(c(N3CCCOc4c(CCC5(C(F)(F)F)CC5)cccc43)nc3nncn32)c1F. The maximum absolute atomic E-state index is 15.1. The van der Waals surface area contributed by atoms with Crippen LogP contribution in [0.4, 0.5) is 33.5 Å². The predicted molar refractivity (Wildman–Crippen MR) is 118 cm³/mol. The van der Waals surface area contributed by atoms with E-state index in [2.05, 4.69) is 15.2 Å². The van der Waals surface area contributed by atoms with Crippen LogP contribution in [0.5, 0.6) is 5.75 Å². The summed E-state index contributed by atoms with van der Waals surface area (Å²) in [7, 11) is 0. The van der Waals surface area contributed by atoms with Crippen LogP contribution in [0.1, 0.15) is 31.2 Å². The van der Waals surface area contributed by atoms with Gasteiger partial charge in [-0.2, -0.15) is 18.2 Å². The first kappa shape index (κ1) is 22.0. The Labute approximate surface area is 196 Å².